The SMILES string of the molecule is COC1CCN(C2CCC(Nc3c([C]C4CC4)cnc4ccc(Br)cc34)CC2)C1. The van der Waals surface area contributed by atoms with E-state index in [2.05, 4.69) is 50.8 Å². The lowest BCUT2D eigenvalue weighted by molar-refractivity contribution is 0.0947. The van der Waals surface area contributed by atoms with Crippen molar-refractivity contribution in [3.8, 4) is 0 Å². The summed E-state index contributed by atoms with van der Waals surface area (Å²) in [6.45, 7) is 2.30. The van der Waals surface area contributed by atoms with Gasteiger partial charge in [0.25, 0.3) is 0 Å². The molecule has 0 spiro atoms. The predicted molar refractivity (Wildman–Crippen MR) is 121 cm³/mol. The topological polar surface area (TPSA) is 37.4 Å². The normalized spacial score (nSPS) is 28.1. The van der Waals surface area contributed by atoms with E-state index in [1.807, 2.05) is 13.3 Å². The molecule has 5 rings (SSSR count). The van der Waals surface area contributed by atoms with Crippen LogP contribution in [0.25, 0.3) is 10.9 Å². The Morgan fingerprint density at radius 1 is 1.14 bits per heavy atom. The lowest BCUT2D eigenvalue weighted by Crippen LogP contribution is -2.39. The van der Waals surface area contributed by atoms with Gasteiger partial charge in [0, 0.05) is 66.0 Å². The molecular formula is C24H30BrN3O. The molecule has 1 aromatic heterocycles. The van der Waals surface area contributed by atoms with Crippen LogP contribution in [0.2, 0.25) is 0 Å². The maximum atomic E-state index is 5.56. The first kappa shape index (κ1) is 19.8. The van der Waals surface area contributed by atoms with Gasteiger partial charge in [-0.1, -0.05) is 15.9 Å². The summed E-state index contributed by atoms with van der Waals surface area (Å²) >= 11 is 3.64. The Morgan fingerprint density at radius 2 is 1.97 bits per heavy atom. The minimum atomic E-state index is 0.434. The van der Waals surface area contributed by atoms with Crippen molar-refractivity contribution in [3.63, 3.8) is 0 Å². The largest absolute Gasteiger partial charge is 0.381 e. The minimum absolute atomic E-state index is 0.434. The number of likely N-dealkylation sites (tertiary alicyclic amines) is 1. The molecule has 1 aromatic carbocycles. The molecule has 1 atom stereocenters. The molecule has 1 unspecified atom stereocenters. The number of benzene rings is 1. The Bertz CT molecular complexity index is 861. The van der Waals surface area contributed by atoms with Gasteiger partial charge in [0.15, 0.2) is 0 Å². The van der Waals surface area contributed by atoms with Crippen molar-refractivity contribution in [2.45, 2.75) is 63.1 Å². The predicted octanol–water partition coefficient (Wildman–Crippen LogP) is 5.28. The molecule has 0 amide bonds. The van der Waals surface area contributed by atoms with E-state index in [-0.39, 0.29) is 0 Å². The zero-order valence-electron chi connectivity index (χ0n) is 17.2. The zero-order chi connectivity index (χ0) is 19.8. The monoisotopic (exact) mass is 455 g/mol. The number of ether oxygens (including phenoxy) is 1. The van der Waals surface area contributed by atoms with E-state index in [9.17, 15) is 0 Å². The van der Waals surface area contributed by atoms with E-state index < -0.39 is 0 Å². The van der Waals surface area contributed by atoms with Gasteiger partial charge in [-0.2, -0.15) is 0 Å². The molecule has 1 N–H and O–H groups in total. The van der Waals surface area contributed by atoms with Crippen LogP contribution in [0.4, 0.5) is 5.69 Å². The van der Waals surface area contributed by atoms with Crippen LogP contribution in [0.1, 0.15) is 50.5 Å². The molecule has 2 aliphatic carbocycles. The van der Waals surface area contributed by atoms with Gasteiger partial charge in [0.1, 0.15) is 0 Å². The van der Waals surface area contributed by atoms with E-state index in [0.717, 1.165) is 28.1 Å². The number of nitrogens with zero attached hydrogens (tertiary/aromatic N) is 2. The first-order valence-corrected chi connectivity index (χ1v) is 11.9. The first-order valence-electron chi connectivity index (χ1n) is 11.1. The summed E-state index contributed by atoms with van der Waals surface area (Å²) in [4.78, 5) is 7.35. The summed E-state index contributed by atoms with van der Waals surface area (Å²) in [6, 6.07) is 7.62. The van der Waals surface area contributed by atoms with Crippen LogP contribution < -0.4 is 5.32 Å². The highest BCUT2D eigenvalue weighted by atomic mass is 79.9. The summed E-state index contributed by atoms with van der Waals surface area (Å²) < 4.78 is 6.66. The molecule has 1 aliphatic heterocycles. The average molecular weight is 456 g/mol. The van der Waals surface area contributed by atoms with Crippen molar-refractivity contribution < 1.29 is 4.74 Å². The lowest BCUT2D eigenvalue weighted by Gasteiger charge is -2.35. The molecule has 29 heavy (non-hydrogen) atoms. The number of hydrogen-bond acceptors (Lipinski definition) is 4. The molecule has 1 saturated heterocycles. The Labute approximate surface area is 182 Å². The maximum absolute atomic E-state index is 5.56. The standard InChI is InChI=1S/C24H30BrN3O/c1-29-21-10-11-28(15-21)20-7-5-19(6-8-20)27-24-17(12-16-2-3-16)14-26-23-9-4-18(25)13-22(23)24/h4,9,13-14,16,19-21H,2-3,5-8,10-11,15H2,1H3,(H,26,27). The highest BCUT2D eigenvalue weighted by molar-refractivity contribution is 9.10. The van der Waals surface area contributed by atoms with Crippen LogP contribution in [-0.2, 0) is 4.74 Å². The Balaban J connectivity index is 1.30. The average Bonchev–Trinajstić information content (AvgIpc) is 3.43. The highest BCUT2D eigenvalue weighted by Gasteiger charge is 2.32. The van der Waals surface area contributed by atoms with E-state index >= 15 is 0 Å². The number of nitrogens with one attached hydrogen (secondary N) is 1. The van der Waals surface area contributed by atoms with Crippen LogP contribution in [0.5, 0.6) is 0 Å². The number of aromatic nitrogens is 1. The van der Waals surface area contributed by atoms with Gasteiger partial charge in [-0.15, -0.1) is 0 Å². The molecule has 2 saturated carbocycles. The van der Waals surface area contributed by atoms with Crippen LogP contribution in [0.3, 0.4) is 0 Å². The van der Waals surface area contributed by atoms with Crippen LogP contribution in [0.15, 0.2) is 28.9 Å². The van der Waals surface area contributed by atoms with Crippen molar-refractivity contribution in [2.24, 2.45) is 5.92 Å². The quantitative estimate of drug-likeness (QED) is 0.642. The number of fused-ring (bicyclic) bond motifs is 1. The smallest absolute Gasteiger partial charge is 0.0723 e. The third-order valence-electron chi connectivity index (χ3n) is 6.84. The van der Waals surface area contributed by atoms with Crippen LogP contribution in [0, 0.1) is 12.3 Å². The number of rotatable bonds is 6. The van der Waals surface area contributed by atoms with Crippen molar-refractivity contribution in [2.75, 3.05) is 25.5 Å². The third-order valence-corrected chi connectivity index (χ3v) is 7.33. The van der Waals surface area contributed by atoms with Crippen molar-refractivity contribution in [3.05, 3.63) is 40.9 Å². The van der Waals surface area contributed by atoms with E-state index in [0.29, 0.717) is 18.1 Å². The summed E-state index contributed by atoms with van der Waals surface area (Å²) in [6.07, 6.45) is 14.8. The van der Waals surface area contributed by atoms with Gasteiger partial charge in [0.05, 0.1) is 11.6 Å². The highest BCUT2D eigenvalue weighted by Crippen LogP contribution is 2.39. The minimum Gasteiger partial charge on any atom is -0.381 e. The fraction of sp³-hybridized carbons (Fsp3) is 0.583. The van der Waals surface area contributed by atoms with Gasteiger partial charge in [-0.05, 0) is 69.1 Å². The molecule has 5 heteroatoms. The number of pyridine rings is 1. The summed E-state index contributed by atoms with van der Waals surface area (Å²) in [5.41, 5.74) is 3.43. The van der Waals surface area contributed by atoms with Crippen molar-refractivity contribution in [1.82, 2.24) is 9.88 Å². The number of anilines is 1. The van der Waals surface area contributed by atoms with Crippen molar-refractivity contribution in [1.29, 1.82) is 0 Å². The molecule has 3 fully saturated rings. The second kappa shape index (κ2) is 8.52. The Hall–Kier alpha value is -1.17. The summed E-state index contributed by atoms with van der Waals surface area (Å²) in [5.74, 6) is 0.613. The second-order valence-electron chi connectivity index (χ2n) is 8.92. The summed E-state index contributed by atoms with van der Waals surface area (Å²) in [7, 11) is 1.85. The molecule has 2 heterocycles. The number of hydrogen-bond donors (Lipinski definition) is 1. The van der Waals surface area contributed by atoms with Gasteiger partial charge >= 0.3 is 0 Å². The van der Waals surface area contributed by atoms with Gasteiger partial charge in [-0.25, -0.2) is 0 Å². The molecule has 2 radical (unpaired) electrons. The van der Waals surface area contributed by atoms with Gasteiger partial charge in [0.2, 0.25) is 0 Å². The second-order valence-corrected chi connectivity index (χ2v) is 9.83. The lowest BCUT2D eigenvalue weighted by atomic mass is 9.89. The fourth-order valence-electron chi connectivity index (χ4n) is 4.94. The van der Waals surface area contributed by atoms with Crippen molar-refractivity contribution >= 4 is 32.5 Å². The van der Waals surface area contributed by atoms with Gasteiger partial charge in [-0.3, -0.25) is 9.88 Å². The molecule has 154 valence electrons. The van der Waals surface area contributed by atoms with E-state index in [4.69, 9.17) is 9.72 Å². The molecule has 4 nitrogen and oxygen atoms in total. The molecule has 2 aromatic rings. The Kier molecular flexibility index (Phi) is 5.81. The molecular weight excluding hydrogens is 426 g/mol. The number of halogens is 1. The molecule has 3 aliphatic rings. The maximum Gasteiger partial charge on any atom is 0.0723 e. The van der Waals surface area contributed by atoms with Crippen LogP contribution in [-0.4, -0.2) is 48.3 Å². The third kappa shape index (κ3) is 4.47. The first-order chi connectivity index (χ1) is 14.2. The fourth-order valence-corrected chi connectivity index (χ4v) is 5.31. The number of methoxy groups -OCH3 is 1. The van der Waals surface area contributed by atoms with Gasteiger partial charge < -0.3 is 10.1 Å². The molecule has 0 bridgehead atoms. The Morgan fingerprint density at radius 3 is 2.69 bits per heavy atom. The van der Waals surface area contributed by atoms with Crippen LogP contribution >= 0.6 is 15.9 Å². The summed E-state index contributed by atoms with van der Waals surface area (Å²) in [5, 5.41) is 5.12. The van der Waals surface area contributed by atoms with E-state index in [1.165, 1.54) is 62.6 Å². The van der Waals surface area contributed by atoms with E-state index in [1.54, 1.807) is 0 Å². The zero-order valence-corrected chi connectivity index (χ0v) is 18.7.